The summed E-state index contributed by atoms with van der Waals surface area (Å²) in [6.07, 6.45) is -4.62. The summed E-state index contributed by atoms with van der Waals surface area (Å²) in [5.74, 6) is -0.618. The number of hydrogen-bond acceptors (Lipinski definition) is 3. The number of aromatic hydroxyl groups is 1. The maximum Gasteiger partial charge on any atom is 0.435 e. The first-order valence-corrected chi connectivity index (χ1v) is 4.78. The first-order valence-electron chi connectivity index (χ1n) is 4.78. The molecule has 0 fully saturated rings. The van der Waals surface area contributed by atoms with Crippen molar-refractivity contribution in [3.8, 4) is 17.6 Å². The van der Waals surface area contributed by atoms with Gasteiger partial charge in [-0.15, -0.1) is 12.4 Å². The molecule has 0 atom stereocenters. The van der Waals surface area contributed by atoms with Crippen LogP contribution in [-0.4, -0.2) is 14.9 Å². The number of nitriles is 1. The van der Waals surface area contributed by atoms with Crippen molar-refractivity contribution < 1.29 is 18.3 Å². The molecule has 1 N–H and O–H groups in total. The molecule has 2 rings (SSSR count). The quantitative estimate of drug-likeness (QED) is 0.878. The highest BCUT2D eigenvalue weighted by Gasteiger charge is 2.35. The number of rotatable bonds is 1. The van der Waals surface area contributed by atoms with Gasteiger partial charge < -0.3 is 5.11 Å². The fourth-order valence-electron chi connectivity index (χ4n) is 1.38. The van der Waals surface area contributed by atoms with Crippen LogP contribution in [0.25, 0.3) is 5.69 Å². The Kier molecular flexibility index (Phi) is 4.07. The standard InChI is InChI=1S/C11H6F3N3O.ClH/c12-11(13,14)9-5-10(18)17(16-9)8-3-1-7(6-15)2-4-8;/h1-5,18H;1H. The molecule has 8 heteroatoms. The second-order valence-corrected chi connectivity index (χ2v) is 3.46. The molecule has 0 saturated carbocycles. The Hall–Kier alpha value is -2.20. The van der Waals surface area contributed by atoms with Crippen LogP contribution in [0, 0.1) is 11.3 Å². The lowest BCUT2D eigenvalue weighted by molar-refractivity contribution is -0.141. The van der Waals surface area contributed by atoms with Crippen molar-refractivity contribution in [3.05, 3.63) is 41.6 Å². The molecule has 100 valence electrons. The zero-order valence-electron chi connectivity index (χ0n) is 9.22. The van der Waals surface area contributed by atoms with Crippen molar-refractivity contribution in [2.45, 2.75) is 6.18 Å². The Labute approximate surface area is 112 Å². The predicted octanol–water partition coefficient (Wildman–Crippen LogP) is 2.89. The van der Waals surface area contributed by atoms with E-state index in [1.165, 1.54) is 24.3 Å². The van der Waals surface area contributed by atoms with Crippen LogP contribution in [0.1, 0.15) is 11.3 Å². The summed E-state index contributed by atoms with van der Waals surface area (Å²) < 4.78 is 37.9. The Morgan fingerprint density at radius 1 is 1.21 bits per heavy atom. The predicted molar refractivity (Wildman–Crippen MR) is 62.2 cm³/mol. The molecule has 0 aliphatic carbocycles. The monoisotopic (exact) mass is 289 g/mol. The van der Waals surface area contributed by atoms with E-state index < -0.39 is 17.8 Å². The van der Waals surface area contributed by atoms with Crippen LogP contribution < -0.4 is 0 Å². The normalized spacial score (nSPS) is 10.6. The van der Waals surface area contributed by atoms with E-state index in [1.807, 2.05) is 6.07 Å². The van der Waals surface area contributed by atoms with Crippen LogP contribution in [0.2, 0.25) is 0 Å². The molecule has 1 heterocycles. The molecule has 19 heavy (non-hydrogen) atoms. The minimum atomic E-state index is -4.62. The van der Waals surface area contributed by atoms with E-state index in [4.69, 9.17) is 5.26 Å². The van der Waals surface area contributed by atoms with Gasteiger partial charge in [0.05, 0.1) is 17.3 Å². The van der Waals surface area contributed by atoms with E-state index >= 15 is 0 Å². The Balaban J connectivity index is 0.00000180. The number of alkyl halides is 3. The number of aromatic nitrogens is 2. The third-order valence-electron chi connectivity index (χ3n) is 2.22. The molecule has 0 saturated heterocycles. The van der Waals surface area contributed by atoms with E-state index in [1.54, 1.807) is 0 Å². The fraction of sp³-hybridized carbons (Fsp3) is 0.0909. The molecule has 0 radical (unpaired) electrons. The maximum atomic E-state index is 12.4. The van der Waals surface area contributed by atoms with Crippen LogP contribution in [0.4, 0.5) is 13.2 Å². The molecule has 0 spiro atoms. The van der Waals surface area contributed by atoms with E-state index in [2.05, 4.69) is 5.10 Å². The summed E-state index contributed by atoms with van der Waals surface area (Å²) >= 11 is 0. The molecule has 0 unspecified atom stereocenters. The van der Waals surface area contributed by atoms with Crippen molar-refractivity contribution in [2.24, 2.45) is 0 Å². The summed E-state index contributed by atoms with van der Waals surface area (Å²) in [6.45, 7) is 0. The second kappa shape index (κ2) is 5.20. The number of benzene rings is 1. The summed E-state index contributed by atoms with van der Waals surface area (Å²) in [6, 6.07) is 8.05. The molecule has 2 aromatic rings. The highest BCUT2D eigenvalue weighted by atomic mass is 35.5. The van der Waals surface area contributed by atoms with Gasteiger partial charge in [-0.25, -0.2) is 4.68 Å². The fourth-order valence-corrected chi connectivity index (χ4v) is 1.38. The van der Waals surface area contributed by atoms with Crippen molar-refractivity contribution in [1.29, 1.82) is 5.26 Å². The molecule has 4 nitrogen and oxygen atoms in total. The van der Waals surface area contributed by atoms with Gasteiger partial charge in [0.25, 0.3) is 0 Å². The Morgan fingerprint density at radius 2 is 1.79 bits per heavy atom. The number of nitrogens with zero attached hydrogens (tertiary/aromatic N) is 3. The zero-order chi connectivity index (χ0) is 13.3. The summed E-state index contributed by atoms with van der Waals surface area (Å²) in [5.41, 5.74) is -0.576. The first-order chi connectivity index (χ1) is 8.41. The second-order valence-electron chi connectivity index (χ2n) is 3.46. The van der Waals surface area contributed by atoms with E-state index in [9.17, 15) is 18.3 Å². The van der Waals surface area contributed by atoms with Gasteiger partial charge >= 0.3 is 6.18 Å². The third kappa shape index (κ3) is 2.98. The van der Waals surface area contributed by atoms with Crippen molar-refractivity contribution >= 4 is 12.4 Å². The van der Waals surface area contributed by atoms with Gasteiger partial charge in [-0.1, -0.05) is 0 Å². The van der Waals surface area contributed by atoms with Gasteiger partial charge in [0, 0.05) is 6.07 Å². The van der Waals surface area contributed by atoms with Crippen LogP contribution in [0.3, 0.4) is 0 Å². The minimum Gasteiger partial charge on any atom is -0.493 e. The van der Waals surface area contributed by atoms with Gasteiger partial charge in [-0.05, 0) is 24.3 Å². The van der Waals surface area contributed by atoms with Crippen molar-refractivity contribution in [1.82, 2.24) is 9.78 Å². The average Bonchev–Trinajstić information content (AvgIpc) is 2.71. The summed E-state index contributed by atoms with van der Waals surface area (Å²) in [5, 5.41) is 21.3. The van der Waals surface area contributed by atoms with Gasteiger partial charge in [-0.3, -0.25) is 0 Å². The third-order valence-corrected chi connectivity index (χ3v) is 2.22. The number of halogens is 4. The zero-order valence-corrected chi connectivity index (χ0v) is 10.0. The minimum absolute atomic E-state index is 0. The molecule has 0 aliphatic rings. The van der Waals surface area contributed by atoms with Crippen molar-refractivity contribution in [2.75, 3.05) is 0 Å². The first kappa shape index (κ1) is 14.9. The topological polar surface area (TPSA) is 61.8 Å². The smallest absolute Gasteiger partial charge is 0.435 e. The SMILES string of the molecule is Cl.N#Cc1ccc(-n2nc(C(F)(F)F)cc2O)cc1. The Morgan fingerprint density at radius 3 is 2.21 bits per heavy atom. The van der Waals surface area contributed by atoms with Crippen molar-refractivity contribution in [3.63, 3.8) is 0 Å². The molecule has 1 aromatic heterocycles. The van der Waals surface area contributed by atoms with Crippen LogP contribution >= 0.6 is 12.4 Å². The van der Waals surface area contributed by atoms with Gasteiger partial charge in [0.2, 0.25) is 5.88 Å². The lowest BCUT2D eigenvalue weighted by Crippen LogP contribution is -2.07. The Bertz CT molecular complexity index is 614. The average molecular weight is 290 g/mol. The highest BCUT2D eigenvalue weighted by molar-refractivity contribution is 5.85. The summed E-state index contributed by atoms with van der Waals surface area (Å²) in [7, 11) is 0. The van der Waals surface area contributed by atoms with E-state index in [0.717, 1.165) is 4.68 Å². The van der Waals surface area contributed by atoms with E-state index in [-0.39, 0.29) is 18.1 Å². The lowest BCUT2D eigenvalue weighted by Gasteiger charge is -2.03. The van der Waals surface area contributed by atoms with E-state index in [0.29, 0.717) is 11.6 Å². The maximum absolute atomic E-state index is 12.4. The highest BCUT2D eigenvalue weighted by Crippen LogP contribution is 2.31. The van der Waals surface area contributed by atoms with Crippen LogP contribution in [0.15, 0.2) is 30.3 Å². The molecule has 1 aromatic carbocycles. The molecule has 0 aliphatic heterocycles. The van der Waals surface area contributed by atoms with Gasteiger partial charge in [0.1, 0.15) is 0 Å². The number of hydrogen-bond donors (Lipinski definition) is 1. The van der Waals surface area contributed by atoms with Crippen LogP contribution in [-0.2, 0) is 6.18 Å². The van der Waals surface area contributed by atoms with Gasteiger partial charge in [0.15, 0.2) is 5.69 Å². The molecular formula is C11H7ClF3N3O. The molecule has 0 bridgehead atoms. The largest absolute Gasteiger partial charge is 0.493 e. The summed E-state index contributed by atoms with van der Waals surface area (Å²) in [4.78, 5) is 0. The van der Waals surface area contributed by atoms with Crippen LogP contribution in [0.5, 0.6) is 5.88 Å². The van der Waals surface area contributed by atoms with Gasteiger partial charge in [-0.2, -0.15) is 23.5 Å². The molecule has 0 amide bonds. The molecular weight excluding hydrogens is 283 g/mol. The lowest BCUT2D eigenvalue weighted by atomic mass is 10.2.